The number of rotatable bonds is 4. The maximum atomic E-state index is 13.0. The Morgan fingerprint density at radius 3 is 2.76 bits per heavy atom. The van der Waals surface area contributed by atoms with Gasteiger partial charge in [0.2, 0.25) is 5.91 Å². The second-order valence-corrected chi connectivity index (χ2v) is 4.63. The fraction of sp³-hybridized carbons (Fsp3) is 0.0625. The Hall–Kier alpha value is -2.33. The SMILES string of the molecule is COc1ccc(NC(=O)C=Cc2cccc(F)c2)c(Cl)c1. The minimum atomic E-state index is -0.355. The molecule has 0 bridgehead atoms. The van der Waals surface area contributed by atoms with Crippen molar-refractivity contribution in [3.05, 3.63) is 64.9 Å². The summed E-state index contributed by atoms with van der Waals surface area (Å²) < 4.78 is 18.0. The minimum absolute atomic E-state index is 0.351. The van der Waals surface area contributed by atoms with Gasteiger partial charge in [-0.3, -0.25) is 4.79 Å². The fourth-order valence-corrected chi connectivity index (χ4v) is 1.90. The number of hydrogen-bond donors (Lipinski definition) is 1. The zero-order chi connectivity index (χ0) is 15.2. The van der Waals surface area contributed by atoms with E-state index in [2.05, 4.69) is 5.32 Å². The fourth-order valence-electron chi connectivity index (χ4n) is 1.68. The van der Waals surface area contributed by atoms with Crippen LogP contribution in [0.3, 0.4) is 0 Å². The van der Waals surface area contributed by atoms with E-state index in [-0.39, 0.29) is 11.7 Å². The molecule has 21 heavy (non-hydrogen) atoms. The van der Waals surface area contributed by atoms with Gasteiger partial charge in [-0.1, -0.05) is 23.7 Å². The molecule has 0 aliphatic carbocycles. The molecule has 0 fully saturated rings. The normalized spacial score (nSPS) is 10.6. The molecule has 0 aliphatic rings. The largest absolute Gasteiger partial charge is 0.497 e. The number of benzene rings is 2. The number of amides is 1. The Morgan fingerprint density at radius 2 is 2.10 bits per heavy atom. The molecule has 0 saturated heterocycles. The van der Waals surface area contributed by atoms with E-state index in [0.29, 0.717) is 22.0 Å². The van der Waals surface area contributed by atoms with Gasteiger partial charge in [0, 0.05) is 12.1 Å². The molecule has 2 rings (SSSR count). The minimum Gasteiger partial charge on any atom is -0.497 e. The molecule has 0 unspecified atom stereocenters. The summed E-state index contributed by atoms with van der Waals surface area (Å²) in [5.74, 6) is -0.101. The first-order valence-electron chi connectivity index (χ1n) is 6.16. The first kappa shape index (κ1) is 15.1. The van der Waals surface area contributed by atoms with E-state index in [1.54, 1.807) is 30.3 Å². The molecule has 0 spiro atoms. The summed E-state index contributed by atoms with van der Waals surface area (Å²) in [6.07, 6.45) is 2.84. The van der Waals surface area contributed by atoms with Crippen molar-refractivity contribution >= 4 is 29.3 Å². The molecule has 0 radical (unpaired) electrons. The predicted octanol–water partition coefficient (Wildman–Crippen LogP) is 4.14. The number of methoxy groups -OCH3 is 1. The van der Waals surface area contributed by atoms with Gasteiger partial charge < -0.3 is 10.1 Å². The third-order valence-electron chi connectivity index (χ3n) is 2.71. The zero-order valence-electron chi connectivity index (χ0n) is 11.3. The van der Waals surface area contributed by atoms with Gasteiger partial charge in [0.1, 0.15) is 11.6 Å². The van der Waals surface area contributed by atoms with E-state index in [4.69, 9.17) is 16.3 Å². The molecule has 3 nitrogen and oxygen atoms in total. The lowest BCUT2D eigenvalue weighted by Gasteiger charge is -2.06. The topological polar surface area (TPSA) is 38.3 Å². The second kappa shape index (κ2) is 6.90. The van der Waals surface area contributed by atoms with Crippen molar-refractivity contribution in [1.29, 1.82) is 0 Å². The standard InChI is InChI=1S/C16H13ClFNO2/c1-21-13-6-7-15(14(17)10-13)19-16(20)8-5-11-3-2-4-12(18)9-11/h2-10H,1H3,(H,19,20). The highest BCUT2D eigenvalue weighted by atomic mass is 35.5. The van der Waals surface area contributed by atoms with Gasteiger partial charge in [0.15, 0.2) is 0 Å². The average molecular weight is 306 g/mol. The van der Waals surface area contributed by atoms with Gasteiger partial charge in [-0.15, -0.1) is 0 Å². The van der Waals surface area contributed by atoms with E-state index >= 15 is 0 Å². The number of halogens is 2. The van der Waals surface area contributed by atoms with Crippen LogP contribution in [0.2, 0.25) is 5.02 Å². The number of hydrogen-bond acceptors (Lipinski definition) is 2. The Morgan fingerprint density at radius 1 is 1.29 bits per heavy atom. The quantitative estimate of drug-likeness (QED) is 0.862. The van der Waals surface area contributed by atoms with E-state index in [1.807, 2.05) is 0 Å². The third-order valence-corrected chi connectivity index (χ3v) is 3.02. The second-order valence-electron chi connectivity index (χ2n) is 4.22. The number of ether oxygens (including phenoxy) is 1. The molecule has 5 heteroatoms. The molecule has 2 aromatic carbocycles. The van der Waals surface area contributed by atoms with Crippen molar-refractivity contribution in [2.75, 3.05) is 12.4 Å². The summed E-state index contributed by atoms with van der Waals surface area (Å²) in [5.41, 5.74) is 1.08. The summed E-state index contributed by atoms with van der Waals surface area (Å²) in [4.78, 5) is 11.8. The van der Waals surface area contributed by atoms with Crippen molar-refractivity contribution in [1.82, 2.24) is 0 Å². The summed E-state index contributed by atoms with van der Waals surface area (Å²) in [6, 6.07) is 10.9. The highest BCUT2D eigenvalue weighted by molar-refractivity contribution is 6.34. The summed E-state index contributed by atoms with van der Waals surface area (Å²) in [7, 11) is 1.53. The van der Waals surface area contributed by atoms with Crippen LogP contribution in [-0.2, 0) is 4.79 Å². The summed E-state index contributed by atoms with van der Waals surface area (Å²) >= 11 is 6.02. The van der Waals surface area contributed by atoms with Crippen molar-refractivity contribution in [3.8, 4) is 5.75 Å². The van der Waals surface area contributed by atoms with Gasteiger partial charge in [0.25, 0.3) is 0 Å². The lowest BCUT2D eigenvalue weighted by atomic mass is 10.2. The van der Waals surface area contributed by atoms with Crippen LogP contribution in [0.5, 0.6) is 5.75 Å². The van der Waals surface area contributed by atoms with Gasteiger partial charge in [-0.2, -0.15) is 0 Å². The van der Waals surface area contributed by atoms with Gasteiger partial charge in [-0.25, -0.2) is 4.39 Å². The highest BCUT2D eigenvalue weighted by Gasteiger charge is 2.04. The van der Waals surface area contributed by atoms with Crippen LogP contribution in [0.25, 0.3) is 6.08 Å². The predicted molar refractivity (Wildman–Crippen MR) is 82.1 cm³/mol. The number of anilines is 1. The van der Waals surface area contributed by atoms with Crippen LogP contribution in [0.4, 0.5) is 10.1 Å². The Labute approximate surface area is 127 Å². The van der Waals surface area contributed by atoms with E-state index in [0.717, 1.165) is 0 Å². The van der Waals surface area contributed by atoms with E-state index < -0.39 is 0 Å². The molecule has 0 saturated carbocycles. The highest BCUT2D eigenvalue weighted by Crippen LogP contribution is 2.26. The summed E-state index contributed by atoms with van der Waals surface area (Å²) in [5, 5.41) is 3.02. The van der Waals surface area contributed by atoms with E-state index in [1.165, 1.54) is 31.4 Å². The maximum Gasteiger partial charge on any atom is 0.248 e. The van der Waals surface area contributed by atoms with Crippen LogP contribution in [0, 0.1) is 5.82 Å². The average Bonchev–Trinajstić information content (AvgIpc) is 2.47. The molecule has 0 aromatic heterocycles. The Kier molecular flexibility index (Phi) is 4.95. The molecule has 0 aliphatic heterocycles. The van der Waals surface area contributed by atoms with Crippen LogP contribution in [-0.4, -0.2) is 13.0 Å². The van der Waals surface area contributed by atoms with Crippen LogP contribution in [0.1, 0.15) is 5.56 Å². The monoisotopic (exact) mass is 305 g/mol. The molecular weight excluding hydrogens is 293 g/mol. The Balaban J connectivity index is 2.05. The zero-order valence-corrected chi connectivity index (χ0v) is 12.0. The summed E-state index contributed by atoms with van der Waals surface area (Å²) in [6.45, 7) is 0. The van der Waals surface area contributed by atoms with Crippen molar-refractivity contribution < 1.29 is 13.9 Å². The lowest BCUT2D eigenvalue weighted by molar-refractivity contribution is -0.111. The maximum absolute atomic E-state index is 13.0. The van der Waals surface area contributed by atoms with Crippen molar-refractivity contribution in [2.45, 2.75) is 0 Å². The smallest absolute Gasteiger partial charge is 0.248 e. The molecule has 108 valence electrons. The van der Waals surface area contributed by atoms with Crippen molar-refractivity contribution in [3.63, 3.8) is 0 Å². The number of nitrogens with one attached hydrogen (secondary N) is 1. The molecule has 1 N–H and O–H groups in total. The van der Waals surface area contributed by atoms with Gasteiger partial charge in [-0.05, 0) is 35.9 Å². The number of carbonyl (C=O) groups excluding carboxylic acids is 1. The lowest BCUT2D eigenvalue weighted by Crippen LogP contribution is -2.08. The van der Waals surface area contributed by atoms with E-state index in [9.17, 15) is 9.18 Å². The first-order valence-corrected chi connectivity index (χ1v) is 6.54. The first-order chi connectivity index (χ1) is 10.1. The molecule has 0 heterocycles. The third kappa shape index (κ3) is 4.33. The van der Waals surface area contributed by atoms with Gasteiger partial charge in [0.05, 0.1) is 17.8 Å². The van der Waals surface area contributed by atoms with Crippen LogP contribution < -0.4 is 10.1 Å². The molecular formula is C16H13ClFNO2. The van der Waals surface area contributed by atoms with Crippen LogP contribution in [0.15, 0.2) is 48.5 Å². The number of carbonyl (C=O) groups is 1. The molecule has 1 amide bonds. The van der Waals surface area contributed by atoms with Crippen LogP contribution >= 0.6 is 11.6 Å². The molecule has 2 aromatic rings. The van der Waals surface area contributed by atoms with Gasteiger partial charge >= 0.3 is 0 Å². The Bertz CT molecular complexity index is 686. The van der Waals surface area contributed by atoms with Crippen molar-refractivity contribution in [2.24, 2.45) is 0 Å². The molecule has 0 atom stereocenters.